The first-order valence-electron chi connectivity index (χ1n) is 10.4. The number of hydrogen-bond acceptors (Lipinski definition) is 2. The van der Waals surface area contributed by atoms with Gasteiger partial charge in [0, 0.05) is 13.1 Å². The molecule has 1 heterocycles. The van der Waals surface area contributed by atoms with E-state index >= 15 is 0 Å². The minimum absolute atomic E-state index is 0.167. The number of halogens is 1. The number of thioether (sulfide) groups is 1. The largest absolute Gasteiger partial charge is 0.358 e. The molecule has 0 radical (unpaired) electrons. The van der Waals surface area contributed by atoms with E-state index in [1.165, 1.54) is 27.3 Å². The quantitative estimate of drug-likeness (QED) is 0.362. The molecular weight excluding hydrogens is 389 g/mol. The molecule has 1 nitrogen and oxygen atoms in total. The van der Waals surface area contributed by atoms with Gasteiger partial charge >= 0.3 is 0 Å². The molecule has 4 rings (SSSR count). The molecule has 1 aliphatic rings. The maximum atomic E-state index is 13.0. The Labute approximate surface area is 182 Å². The Bertz CT molecular complexity index is 1010. The summed E-state index contributed by atoms with van der Waals surface area (Å²) < 4.78 is 13.0. The molecule has 30 heavy (non-hydrogen) atoms. The molecule has 0 bridgehead atoms. The van der Waals surface area contributed by atoms with Gasteiger partial charge in [-0.1, -0.05) is 72.8 Å². The van der Waals surface area contributed by atoms with Crippen LogP contribution in [0, 0.1) is 5.82 Å². The summed E-state index contributed by atoms with van der Waals surface area (Å²) in [5, 5.41) is 1.32. The van der Waals surface area contributed by atoms with Gasteiger partial charge in [0.1, 0.15) is 5.82 Å². The Morgan fingerprint density at radius 1 is 0.833 bits per heavy atom. The van der Waals surface area contributed by atoms with Crippen LogP contribution < -0.4 is 0 Å². The molecule has 152 valence electrons. The third-order valence-corrected chi connectivity index (χ3v) is 6.38. The zero-order valence-corrected chi connectivity index (χ0v) is 17.8. The van der Waals surface area contributed by atoms with Crippen LogP contribution >= 0.6 is 11.8 Å². The van der Waals surface area contributed by atoms with E-state index in [2.05, 4.69) is 77.7 Å². The molecule has 1 aliphatic heterocycles. The first-order chi connectivity index (χ1) is 14.8. The maximum absolute atomic E-state index is 13.0. The van der Waals surface area contributed by atoms with E-state index < -0.39 is 0 Å². The van der Waals surface area contributed by atoms with Crippen LogP contribution in [-0.4, -0.2) is 17.2 Å². The highest BCUT2D eigenvalue weighted by molar-refractivity contribution is 8.03. The number of benzene rings is 3. The highest BCUT2D eigenvalue weighted by atomic mass is 32.2. The topological polar surface area (TPSA) is 3.24 Å². The normalized spacial score (nSPS) is 13.4. The lowest BCUT2D eigenvalue weighted by Gasteiger charge is -2.28. The number of aryl methyl sites for hydroxylation is 1. The molecular formula is C27H26FNS. The molecule has 0 spiro atoms. The molecule has 0 amide bonds. The SMILES string of the molecule is Fc1ccc(CCCSC2=CC=CCN2Cc2cccc(-c3ccccc3)c2)cc1. The van der Waals surface area contributed by atoms with Gasteiger partial charge in [-0.15, -0.1) is 11.8 Å². The monoisotopic (exact) mass is 415 g/mol. The van der Waals surface area contributed by atoms with Gasteiger partial charge in [0.2, 0.25) is 0 Å². The minimum atomic E-state index is -0.167. The van der Waals surface area contributed by atoms with E-state index in [9.17, 15) is 4.39 Å². The van der Waals surface area contributed by atoms with Crippen molar-refractivity contribution >= 4 is 11.8 Å². The van der Waals surface area contributed by atoms with Gasteiger partial charge in [-0.3, -0.25) is 0 Å². The summed E-state index contributed by atoms with van der Waals surface area (Å²) in [6.45, 7) is 1.84. The van der Waals surface area contributed by atoms with Crippen LogP contribution in [0.15, 0.2) is 102 Å². The van der Waals surface area contributed by atoms with Crippen molar-refractivity contribution in [2.45, 2.75) is 19.4 Å². The summed E-state index contributed by atoms with van der Waals surface area (Å²) >= 11 is 1.91. The first kappa shape index (κ1) is 20.5. The third-order valence-electron chi connectivity index (χ3n) is 5.19. The van der Waals surface area contributed by atoms with Gasteiger partial charge in [-0.25, -0.2) is 4.39 Å². The van der Waals surface area contributed by atoms with Gasteiger partial charge in [0.05, 0.1) is 5.03 Å². The molecule has 0 aromatic heterocycles. The summed E-state index contributed by atoms with van der Waals surface area (Å²) in [7, 11) is 0. The molecule has 0 aliphatic carbocycles. The summed E-state index contributed by atoms with van der Waals surface area (Å²) in [6, 6.07) is 26.2. The maximum Gasteiger partial charge on any atom is 0.123 e. The highest BCUT2D eigenvalue weighted by Gasteiger charge is 2.12. The Balaban J connectivity index is 1.34. The van der Waals surface area contributed by atoms with Gasteiger partial charge in [0.15, 0.2) is 0 Å². The molecule has 0 unspecified atom stereocenters. The van der Waals surface area contributed by atoms with Gasteiger partial charge < -0.3 is 4.90 Å². The first-order valence-corrected chi connectivity index (χ1v) is 11.4. The fourth-order valence-electron chi connectivity index (χ4n) is 3.62. The molecule has 0 saturated carbocycles. The fraction of sp³-hybridized carbons (Fsp3) is 0.185. The number of hydrogen-bond donors (Lipinski definition) is 0. The Morgan fingerprint density at radius 3 is 2.47 bits per heavy atom. The van der Waals surface area contributed by atoms with Gasteiger partial charge in [-0.2, -0.15) is 0 Å². The van der Waals surface area contributed by atoms with Crippen LogP contribution in [0.25, 0.3) is 11.1 Å². The zero-order valence-electron chi connectivity index (χ0n) is 17.0. The predicted molar refractivity (Wildman–Crippen MR) is 127 cm³/mol. The summed E-state index contributed by atoms with van der Waals surface area (Å²) in [5.74, 6) is 0.886. The lowest BCUT2D eigenvalue weighted by Crippen LogP contribution is -2.23. The Hall–Kier alpha value is -2.78. The fourth-order valence-corrected chi connectivity index (χ4v) is 4.61. The smallest absolute Gasteiger partial charge is 0.123 e. The van der Waals surface area contributed by atoms with E-state index in [1.807, 2.05) is 23.9 Å². The van der Waals surface area contributed by atoms with Crippen LogP contribution in [0.4, 0.5) is 4.39 Å². The van der Waals surface area contributed by atoms with Gasteiger partial charge in [-0.05, 0) is 65.1 Å². The predicted octanol–water partition coefficient (Wildman–Crippen LogP) is 7.07. The minimum Gasteiger partial charge on any atom is -0.358 e. The molecule has 0 fully saturated rings. The van der Waals surface area contributed by atoms with Crippen molar-refractivity contribution in [3.05, 3.63) is 119 Å². The highest BCUT2D eigenvalue weighted by Crippen LogP contribution is 2.27. The second kappa shape index (κ2) is 10.3. The average molecular weight is 416 g/mol. The summed E-state index contributed by atoms with van der Waals surface area (Å²) in [5.41, 5.74) is 5.04. The van der Waals surface area contributed by atoms with Crippen molar-refractivity contribution in [3.63, 3.8) is 0 Å². The van der Waals surface area contributed by atoms with Crippen LogP contribution in [0.5, 0.6) is 0 Å². The molecule has 0 atom stereocenters. The Morgan fingerprint density at radius 2 is 1.63 bits per heavy atom. The molecule has 0 saturated heterocycles. The lowest BCUT2D eigenvalue weighted by atomic mass is 10.0. The third kappa shape index (κ3) is 5.64. The van der Waals surface area contributed by atoms with Crippen LogP contribution in [0.3, 0.4) is 0 Å². The number of nitrogens with zero attached hydrogens (tertiary/aromatic N) is 1. The molecule has 3 aromatic rings. The van der Waals surface area contributed by atoms with Crippen LogP contribution in [0.1, 0.15) is 17.5 Å². The molecule has 0 N–H and O–H groups in total. The van der Waals surface area contributed by atoms with E-state index in [1.54, 1.807) is 12.1 Å². The number of allylic oxidation sites excluding steroid dienone is 2. The lowest BCUT2D eigenvalue weighted by molar-refractivity contribution is 0.395. The van der Waals surface area contributed by atoms with Crippen molar-refractivity contribution in [1.29, 1.82) is 0 Å². The van der Waals surface area contributed by atoms with Crippen molar-refractivity contribution < 1.29 is 4.39 Å². The standard InChI is InChI=1S/C27H26FNS/c28-26-16-14-22(15-17-26)9-7-19-30-27-13-4-5-18-29(27)21-23-8-6-12-25(20-23)24-10-2-1-3-11-24/h1-6,8,10-17,20H,7,9,18-19,21H2. The second-order valence-corrected chi connectivity index (χ2v) is 8.57. The second-order valence-electron chi connectivity index (χ2n) is 7.46. The summed E-state index contributed by atoms with van der Waals surface area (Å²) in [6.07, 6.45) is 8.64. The molecule has 3 heteroatoms. The number of rotatable bonds is 8. The van der Waals surface area contributed by atoms with Gasteiger partial charge in [0.25, 0.3) is 0 Å². The molecule has 3 aromatic carbocycles. The van der Waals surface area contributed by atoms with Crippen molar-refractivity contribution in [3.8, 4) is 11.1 Å². The van der Waals surface area contributed by atoms with Crippen molar-refractivity contribution in [2.24, 2.45) is 0 Å². The van der Waals surface area contributed by atoms with Crippen molar-refractivity contribution in [2.75, 3.05) is 12.3 Å². The van der Waals surface area contributed by atoms with E-state index in [-0.39, 0.29) is 5.82 Å². The van der Waals surface area contributed by atoms with E-state index in [0.717, 1.165) is 31.7 Å². The van der Waals surface area contributed by atoms with E-state index in [0.29, 0.717) is 0 Å². The Kier molecular flexibility index (Phi) is 7.04. The van der Waals surface area contributed by atoms with E-state index in [4.69, 9.17) is 0 Å². The van der Waals surface area contributed by atoms with Crippen LogP contribution in [-0.2, 0) is 13.0 Å². The zero-order chi connectivity index (χ0) is 20.6. The summed E-state index contributed by atoms with van der Waals surface area (Å²) in [4.78, 5) is 2.44. The van der Waals surface area contributed by atoms with Crippen molar-refractivity contribution in [1.82, 2.24) is 4.90 Å². The van der Waals surface area contributed by atoms with Crippen LogP contribution in [0.2, 0.25) is 0 Å². The average Bonchev–Trinajstić information content (AvgIpc) is 2.80.